The number of hydrogen-bond acceptors (Lipinski definition) is 3. The number of rotatable bonds is 5. The van der Waals surface area contributed by atoms with Crippen molar-refractivity contribution in [3.05, 3.63) is 28.5 Å². The van der Waals surface area contributed by atoms with Crippen molar-refractivity contribution in [2.75, 3.05) is 19.6 Å². The highest BCUT2D eigenvalue weighted by molar-refractivity contribution is 7.08. The topological polar surface area (TPSA) is 49.4 Å². The van der Waals surface area contributed by atoms with Crippen LogP contribution in [0.4, 0.5) is 0 Å². The highest BCUT2D eigenvalue weighted by atomic mass is 32.1. The third-order valence-electron chi connectivity index (χ3n) is 3.88. The molecule has 0 aromatic carbocycles. The molecule has 4 nitrogen and oxygen atoms in total. The Labute approximate surface area is 136 Å². The fraction of sp³-hybridized carbons (Fsp3) is 0.529. The van der Waals surface area contributed by atoms with E-state index in [0.717, 1.165) is 31.5 Å². The lowest BCUT2D eigenvalue weighted by molar-refractivity contribution is -0.127. The third-order valence-corrected chi connectivity index (χ3v) is 4.58. The van der Waals surface area contributed by atoms with Crippen LogP contribution in [0.15, 0.2) is 22.9 Å². The average molecular weight is 320 g/mol. The van der Waals surface area contributed by atoms with E-state index < -0.39 is 0 Å². The molecule has 2 rings (SSSR count). The predicted molar refractivity (Wildman–Crippen MR) is 90.5 cm³/mol. The summed E-state index contributed by atoms with van der Waals surface area (Å²) in [6, 6.07) is 1.99. The molecular formula is C17H24N2O2S. The highest BCUT2D eigenvalue weighted by Crippen LogP contribution is 2.17. The Morgan fingerprint density at radius 3 is 3.00 bits per heavy atom. The Kier molecular flexibility index (Phi) is 6.19. The number of likely N-dealkylation sites (tertiary alicyclic amines) is 1. The molecule has 2 amide bonds. The van der Waals surface area contributed by atoms with E-state index in [1.807, 2.05) is 41.6 Å². The van der Waals surface area contributed by atoms with E-state index in [0.29, 0.717) is 12.5 Å². The van der Waals surface area contributed by atoms with E-state index in [9.17, 15) is 9.59 Å². The summed E-state index contributed by atoms with van der Waals surface area (Å²) in [7, 11) is 0. The van der Waals surface area contributed by atoms with Gasteiger partial charge >= 0.3 is 0 Å². The number of amides is 2. The number of carbonyl (C=O) groups is 2. The molecule has 1 aliphatic rings. The summed E-state index contributed by atoms with van der Waals surface area (Å²) in [5.74, 6) is 0.511. The average Bonchev–Trinajstić information content (AvgIpc) is 3.03. The first-order valence-electron chi connectivity index (χ1n) is 7.83. The molecule has 5 heteroatoms. The molecule has 1 aromatic rings. The zero-order chi connectivity index (χ0) is 15.9. The lowest BCUT2D eigenvalue weighted by Gasteiger charge is -2.32. The Balaban J connectivity index is 1.82. The Morgan fingerprint density at radius 2 is 2.32 bits per heavy atom. The summed E-state index contributed by atoms with van der Waals surface area (Å²) in [6.45, 7) is 5.98. The normalized spacial score (nSPS) is 18.9. The van der Waals surface area contributed by atoms with Crippen LogP contribution in [-0.2, 0) is 9.59 Å². The molecule has 1 aromatic heterocycles. The van der Waals surface area contributed by atoms with Crippen LogP contribution in [-0.4, -0.2) is 36.3 Å². The van der Waals surface area contributed by atoms with Crippen molar-refractivity contribution in [1.29, 1.82) is 0 Å². The van der Waals surface area contributed by atoms with E-state index in [1.165, 1.54) is 0 Å². The molecule has 1 N–H and O–H groups in total. The van der Waals surface area contributed by atoms with Crippen LogP contribution < -0.4 is 5.32 Å². The summed E-state index contributed by atoms with van der Waals surface area (Å²) in [4.78, 5) is 25.8. The van der Waals surface area contributed by atoms with Crippen LogP contribution in [0.1, 0.15) is 32.3 Å². The molecule has 1 fully saturated rings. The molecule has 0 aliphatic carbocycles. The van der Waals surface area contributed by atoms with Gasteiger partial charge in [-0.2, -0.15) is 11.3 Å². The molecule has 0 spiro atoms. The van der Waals surface area contributed by atoms with Gasteiger partial charge < -0.3 is 10.2 Å². The second kappa shape index (κ2) is 8.13. The Bertz CT molecular complexity index is 523. The number of hydrogen-bond donors (Lipinski definition) is 1. The van der Waals surface area contributed by atoms with E-state index in [2.05, 4.69) is 5.32 Å². The molecule has 120 valence electrons. The SMILES string of the molecule is CC(C)C(=O)NCC1CCCN(C(=O)/C=C/c2ccsc2)C1. The molecule has 1 atom stereocenters. The Morgan fingerprint density at radius 1 is 1.50 bits per heavy atom. The van der Waals surface area contributed by atoms with Gasteiger partial charge in [-0.25, -0.2) is 0 Å². The maximum Gasteiger partial charge on any atom is 0.246 e. The quantitative estimate of drug-likeness (QED) is 0.848. The second-order valence-corrected chi connectivity index (χ2v) is 6.86. The molecule has 2 heterocycles. The number of nitrogens with one attached hydrogen (secondary N) is 1. The monoisotopic (exact) mass is 320 g/mol. The van der Waals surface area contributed by atoms with Crippen LogP contribution in [0.25, 0.3) is 6.08 Å². The number of nitrogens with zero attached hydrogens (tertiary/aromatic N) is 1. The van der Waals surface area contributed by atoms with Crippen LogP contribution in [0.3, 0.4) is 0 Å². The first-order chi connectivity index (χ1) is 10.6. The van der Waals surface area contributed by atoms with Gasteiger partial charge in [0.05, 0.1) is 0 Å². The van der Waals surface area contributed by atoms with Gasteiger partial charge in [-0.15, -0.1) is 0 Å². The van der Waals surface area contributed by atoms with Crippen molar-refractivity contribution in [3.63, 3.8) is 0 Å². The standard InChI is InChI=1S/C17H24N2O2S/c1-13(2)17(21)18-10-15-4-3-8-19(11-15)16(20)6-5-14-7-9-22-12-14/h5-7,9,12-13,15H,3-4,8,10-11H2,1-2H3,(H,18,21)/b6-5+. The molecule has 0 radical (unpaired) electrons. The Hall–Kier alpha value is -1.62. The van der Waals surface area contributed by atoms with Crippen molar-refractivity contribution in [2.24, 2.45) is 11.8 Å². The van der Waals surface area contributed by atoms with Gasteiger partial charge in [-0.1, -0.05) is 13.8 Å². The molecule has 1 unspecified atom stereocenters. The van der Waals surface area contributed by atoms with Gasteiger partial charge in [0.1, 0.15) is 0 Å². The summed E-state index contributed by atoms with van der Waals surface area (Å²) in [5, 5.41) is 6.99. The van der Waals surface area contributed by atoms with Crippen LogP contribution in [0.5, 0.6) is 0 Å². The minimum atomic E-state index is 0.00914. The van der Waals surface area contributed by atoms with Crippen LogP contribution >= 0.6 is 11.3 Å². The van der Waals surface area contributed by atoms with Gasteiger partial charge in [0.2, 0.25) is 11.8 Å². The first kappa shape index (κ1) is 16.7. The van der Waals surface area contributed by atoms with Crippen LogP contribution in [0, 0.1) is 11.8 Å². The van der Waals surface area contributed by atoms with Crippen molar-refractivity contribution < 1.29 is 9.59 Å². The van der Waals surface area contributed by atoms with Crippen molar-refractivity contribution >= 4 is 29.2 Å². The van der Waals surface area contributed by atoms with Gasteiger partial charge in [-0.3, -0.25) is 9.59 Å². The van der Waals surface area contributed by atoms with E-state index in [-0.39, 0.29) is 17.7 Å². The maximum absolute atomic E-state index is 12.2. The fourth-order valence-corrected chi connectivity index (χ4v) is 3.15. The molecule has 22 heavy (non-hydrogen) atoms. The lowest BCUT2D eigenvalue weighted by Crippen LogP contribution is -2.43. The minimum absolute atomic E-state index is 0.00914. The van der Waals surface area contributed by atoms with E-state index in [4.69, 9.17) is 0 Å². The predicted octanol–water partition coefficient (Wildman–Crippen LogP) is 2.77. The molecule has 0 bridgehead atoms. The van der Waals surface area contributed by atoms with Gasteiger partial charge in [0.25, 0.3) is 0 Å². The van der Waals surface area contributed by atoms with Gasteiger partial charge in [-0.05, 0) is 47.2 Å². The number of carbonyl (C=O) groups excluding carboxylic acids is 2. The summed E-state index contributed by atoms with van der Waals surface area (Å²) in [5.41, 5.74) is 1.07. The number of thiophene rings is 1. The van der Waals surface area contributed by atoms with E-state index in [1.54, 1.807) is 17.4 Å². The highest BCUT2D eigenvalue weighted by Gasteiger charge is 2.23. The lowest BCUT2D eigenvalue weighted by atomic mass is 9.97. The second-order valence-electron chi connectivity index (χ2n) is 6.08. The number of piperidine rings is 1. The first-order valence-corrected chi connectivity index (χ1v) is 8.77. The van der Waals surface area contributed by atoms with E-state index >= 15 is 0 Å². The van der Waals surface area contributed by atoms with Gasteiger partial charge in [0, 0.05) is 31.6 Å². The molecule has 1 aliphatic heterocycles. The molecule has 0 saturated carbocycles. The van der Waals surface area contributed by atoms with Crippen molar-refractivity contribution in [3.8, 4) is 0 Å². The van der Waals surface area contributed by atoms with Crippen molar-refractivity contribution in [2.45, 2.75) is 26.7 Å². The fourth-order valence-electron chi connectivity index (χ4n) is 2.52. The zero-order valence-electron chi connectivity index (χ0n) is 13.2. The largest absolute Gasteiger partial charge is 0.356 e. The summed E-state index contributed by atoms with van der Waals surface area (Å²) < 4.78 is 0. The summed E-state index contributed by atoms with van der Waals surface area (Å²) in [6.07, 6.45) is 5.58. The minimum Gasteiger partial charge on any atom is -0.356 e. The smallest absolute Gasteiger partial charge is 0.246 e. The molecular weight excluding hydrogens is 296 g/mol. The summed E-state index contributed by atoms with van der Waals surface area (Å²) >= 11 is 1.62. The molecule has 1 saturated heterocycles. The maximum atomic E-state index is 12.2. The zero-order valence-corrected chi connectivity index (χ0v) is 14.1. The van der Waals surface area contributed by atoms with Crippen molar-refractivity contribution in [1.82, 2.24) is 10.2 Å². The third kappa shape index (κ3) is 4.98. The van der Waals surface area contributed by atoms with Gasteiger partial charge in [0.15, 0.2) is 0 Å². The van der Waals surface area contributed by atoms with Crippen LogP contribution in [0.2, 0.25) is 0 Å².